The molecule has 0 fully saturated rings. The van der Waals surface area contributed by atoms with E-state index in [1.54, 1.807) is 0 Å². The topological polar surface area (TPSA) is 61.8 Å². The lowest BCUT2D eigenvalue weighted by atomic mass is 10.1. The van der Waals surface area contributed by atoms with Gasteiger partial charge in [0.1, 0.15) is 0 Å². The molecule has 0 aliphatic rings. The summed E-state index contributed by atoms with van der Waals surface area (Å²) in [4.78, 5) is 2.15. The number of nitrogens with zero attached hydrogens (tertiary/aromatic N) is 2. The fraction of sp³-hybridized carbons (Fsp3) is 0.500. The summed E-state index contributed by atoms with van der Waals surface area (Å²) in [6.07, 6.45) is 1.13. The van der Waals surface area contributed by atoms with Crippen LogP contribution >= 0.6 is 0 Å². The Hall–Kier alpha value is -1.71. The number of amidine groups is 1. The molecule has 0 bridgehead atoms. The Balaban J connectivity index is 3.07. The maximum Gasteiger partial charge on any atom is 0.172 e. The summed E-state index contributed by atoms with van der Waals surface area (Å²) in [6.45, 7) is 7.34. The second-order valence-corrected chi connectivity index (χ2v) is 4.90. The third kappa shape index (κ3) is 3.39. The van der Waals surface area contributed by atoms with E-state index in [2.05, 4.69) is 23.9 Å². The molecule has 0 heterocycles. The van der Waals surface area contributed by atoms with Crippen molar-refractivity contribution in [1.82, 2.24) is 0 Å². The fourth-order valence-electron chi connectivity index (χ4n) is 1.94. The summed E-state index contributed by atoms with van der Waals surface area (Å²) < 4.78 is 0. The van der Waals surface area contributed by atoms with E-state index >= 15 is 0 Å². The minimum atomic E-state index is 0.157. The summed E-state index contributed by atoms with van der Waals surface area (Å²) in [5, 5.41) is 12.0. The zero-order valence-corrected chi connectivity index (χ0v) is 11.6. The van der Waals surface area contributed by atoms with Crippen molar-refractivity contribution in [3.05, 3.63) is 29.3 Å². The number of benzene rings is 1. The highest BCUT2D eigenvalue weighted by molar-refractivity contribution is 6.02. The maximum atomic E-state index is 8.86. The summed E-state index contributed by atoms with van der Waals surface area (Å²) in [5.41, 5.74) is 8.61. The average molecular weight is 249 g/mol. The van der Waals surface area contributed by atoms with Gasteiger partial charge in [0.05, 0.1) is 0 Å². The molecule has 1 aromatic carbocycles. The van der Waals surface area contributed by atoms with Crippen LogP contribution in [0.2, 0.25) is 0 Å². The van der Waals surface area contributed by atoms with Crippen LogP contribution in [-0.2, 0) is 0 Å². The summed E-state index contributed by atoms with van der Waals surface area (Å²) in [6, 6.07) is 6.00. The normalized spacial score (nSPS) is 13.4. The van der Waals surface area contributed by atoms with Crippen LogP contribution in [0.3, 0.4) is 0 Å². The molecule has 0 aliphatic carbocycles. The molecule has 18 heavy (non-hydrogen) atoms. The van der Waals surface area contributed by atoms with Gasteiger partial charge in [0.2, 0.25) is 0 Å². The lowest BCUT2D eigenvalue weighted by molar-refractivity contribution is 0.318. The molecule has 100 valence electrons. The van der Waals surface area contributed by atoms with Gasteiger partial charge in [-0.25, -0.2) is 0 Å². The number of aryl methyl sites for hydroxylation is 1. The van der Waals surface area contributed by atoms with E-state index in [9.17, 15) is 0 Å². The minimum Gasteiger partial charge on any atom is -0.409 e. The molecule has 0 radical (unpaired) electrons. The highest BCUT2D eigenvalue weighted by Gasteiger charge is 2.13. The van der Waals surface area contributed by atoms with Crippen LogP contribution in [0.5, 0.6) is 0 Å². The largest absolute Gasteiger partial charge is 0.409 e. The van der Waals surface area contributed by atoms with Gasteiger partial charge in [0, 0.05) is 24.8 Å². The molecule has 3 N–H and O–H groups in total. The van der Waals surface area contributed by atoms with Crippen molar-refractivity contribution >= 4 is 11.5 Å². The predicted octanol–water partition coefficient (Wildman–Crippen LogP) is 2.57. The van der Waals surface area contributed by atoms with Gasteiger partial charge in [0.15, 0.2) is 5.84 Å². The summed E-state index contributed by atoms with van der Waals surface area (Å²) in [7, 11) is 2.03. The Morgan fingerprint density at radius 3 is 2.72 bits per heavy atom. The van der Waals surface area contributed by atoms with Crippen molar-refractivity contribution in [3.8, 4) is 0 Å². The van der Waals surface area contributed by atoms with Crippen molar-refractivity contribution in [3.63, 3.8) is 0 Å². The zero-order chi connectivity index (χ0) is 13.7. The second-order valence-electron chi connectivity index (χ2n) is 4.90. The third-order valence-corrected chi connectivity index (χ3v) is 3.23. The lowest BCUT2D eigenvalue weighted by Crippen LogP contribution is -2.27. The molecule has 0 amide bonds. The third-order valence-electron chi connectivity index (χ3n) is 3.23. The molecule has 4 nitrogen and oxygen atoms in total. The first-order valence-corrected chi connectivity index (χ1v) is 6.29. The van der Waals surface area contributed by atoms with Crippen LogP contribution in [0.1, 0.15) is 31.4 Å². The van der Waals surface area contributed by atoms with Gasteiger partial charge < -0.3 is 15.8 Å². The van der Waals surface area contributed by atoms with E-state index in [-0.39, 0.29) is 5.84 Å². The van der Waals surface area contributed by atoms with Crippen LogP contribution in [-0.4, -0.2) is 24.6 Å². The Morgan fingerprint density at radius 1 is 1.50 bits per heavy atom. The molecule has 1 atom stereocenters. The highest BCUT2D eigenvalue weighted by atomic mass is 16.4. The number of rotatable bonds is 5. The molecule has 0 saturated heterocycles. The van der Waals surface area contributed by atoms with Crippen LogP contribution in [0, 0.1) is 12.8 Å². The van der Waals surface area contributed by atoms with Crippen molar-refractivity contribution < 1.29 is 5.21 Å². The van der Waals surface area contributed by atoms with E-state index < -0.39 is 0 Å². The van der Waals surface area contributed by atoms with Gasteiger partial charge >= 0.3 is 0 Å². The lowest BCUT2D eigenvalue weighted by Gasteiger charge is -2.25. The van der Waals surface area contributed by atoms with Gasteiger partial charge in [-0.05, 0) is 25.0 Å². The molecule has 4 heteroatoms. The van der Waals surface area contributed by atoms with E-state index in [1.807, 2.05) is 32.2 Å². The van der Waals surface area contributed by atoms with Crippen molar-refractivity contribution in [1.29, 1.82) is 0 Å². The van der Waals surface area contributed by atoms with Gasteiger partial charge in [-0.2, -0.15) is 0 Å². The second kappa shape index (κ2) is 6.28. The molecule has 1 rings (SSSR count). The number of anilines is 1. The van der Waals surface area contributed by atoms with E-state index in [0.717, 1.165) is 29.8 Å². The Morgan fingerprint density at radius 2 is 2.17 bits per heavy atom. The number of oxime groups is 1. The standard InChI is InChI=1S/C14H23N3O/c1-5-10(2)9-17(4)13-7-6-11(3)8-12(13)14(15)16-18/h6-8,10,18H,5,9H2,1-4H3,(H2,15,16). The van der Waals surface area contributed by atoms with Gasteiger partial charge in [-0.3, -0.25) is 0 Å². The average Bonchev–Trinajstić information content (AvgIpc) is 2.37. The SMILES string of the molecule is CCC(C)CN(C)c1ccc(C)cc1/C(N)=N/O. The molecule has 1 aromatic rings. The quantitative estimate of drug-likeness (QED) is 0.365. The first kappa shape index (κ1) is 14.4. The number of nitrogens with two attached hydrogens (primary N) is 1. The van der Waals surface area contributed by atoms with E-state index in [0.29, 0.717) is 5.92 Å². The smallest absolute Gasteiger partial charge is 0.172 e. The Kier molecular flexibility index (Phi) is 5.01. The highest BCUT2D eigenvalue weighted by Crippen LogP contribution is 2.22. The zero-order valence-electron chi connectivity index (χ0n) is 11.6. The van der Waals surface area contributed by atoms with Crippen LogP contribution in [0.25, 0.3) is 0 Å². The van der Waals surface area contributed by atoms with Crippen molar-refractivity contribution in [2.75, 3.05) is 18.5 Å². The fourth-order valence-corrected chi connectivity index (χ4v) is 1.94. The molecule has 1 unspecified atom stereocenters. The predicted molar refractivity (Wildman–Crippen MR) is 76.4 cm³/mol. The monoisotopic (exact) mass is 249 g/mol. The molecule has 0 aliphatic heterocycles. The van der Waals surface area contributed by atoms with Gasteiger partial charge in [0.25, 0.3) is 0 Å². The first-order chi connectivity index (χ1) is 8.49. The summed E-state index contributed by atoms with van der Waals surface area (Å²) in [5.74, 6) is 0.765. The van der Waals surface area contributed by atoms with Gasteiger partial charge in [-0.1, -0.05) is 37.1 Å². The van der Waals surface area contributed by atoms with Gasteiger partial charge in [-0.15, -0.1) is 0 Å². The minimum absolute atomic E-state index is 0.157. The van der Waals surface area contributed by atoms with Crippen LogP contribution in [0.15, 0.2) is 23.4 Å². The van der Waals surface area contributed by atoms with Crippen LogP contribution in [0.4, 0.5) is 5.69 Å². The Bertz CT molecular complexity index is 429. The molecule has 0 aromatic heterocycles. The van der Waals surface area contributed by atoms with E-state index in [4.69, 9.17) is 10.9 Å². The van der Waals surface area contributed by atoms with Crippen molar-refractivity contribution in [2.24, 2.45) is 16.8 Å². The maximum absolute atomic E-state index is 8.86. The molecule has 0 spiro atoms. The van der Waals surface area contributed by atoms with Crippen molar-refractivity contribution in [2.45, 2.75) is 27.2 Å². The number of hydrogen-bond acceptors (Lipinski definition) is 3. The molecular weight excluding hydrogens is 226 g/mol. The number of hydrogen-bond donors (Lipinski definition) is 2. The summed E-state index contributed by atoms with van der Waals surface area (Å²) >= 11 is 0. The Labute approximate surface area is 109 Å². The molecule has 0 saturated carbocycles. The first-order valence-electron chi connectivity index (χ1n) is 6.29. The van der Waals surface area contributed by atoms with E-state index in [1.165, 1.54) is 0 Å². The van der Waals surface area contributed by atoms with Crippen LogP contribution < -0.4 is 10.6 Å². The molecular formula is C14H23N3O.